The number of amides is 1. The van der Waals surface area contributed by atoms with Crippen molar-refractivity contribution in [3.63, 3.8) is 0 Å². The number of carbonyl (C=O) groups is 1. The molecule has 0 radical (unpaired) electrons. The minimum Gasteiger partial charge on any atom is -0.382 e. The van der Waals surface area contributed by atoms with E-state index in [1.165, 1.54) is 0 Å². The van der Waals surface area contributed by atoms with Crippen LogP contribution < -0.4 is 10.6 Å². The number of carbonyl (C=O) groups excluding carboxylic acids is 1. The summed E-state index contributed by atoms with van der Waals surface area (Å²) in [5.41, 5.74) is 2.95. The van der Waals surface area contributed by atoms with E-state index in [1.807, 2.05) is 33.2 Å². The Kier molecular flexibility index (Phi) is 5.96. The van der Waals surface area contributed by atoms with Crippen molar-refractivity contribution in [1.82, 2.24) is 9.88 Å². The van der Waals surface area contributed by atoms with Gasteiger partial charge in [-0.2, -0.15) is 0 Å². The molecule has 0 atom stereocenters. The molecule has 0 fully saturated rings. The molecular weight excluding hydrogens is 312 g/mol. The van der Waals surface area contributed by atoms with Crippen molar-refractivity contribution in [3.8, 4) is 0 Å². The van der Waals surface area contributed by atoms with Gasteiger partial charge in [0.1, 0.15) is 0 Å². The predicted molar refractivity (Wildman–Crippen MR) is 95.4 cm³/mol. The number of hydrogen-bond acceptors (Lipinski definition) is 4. The Balaban J connectivity index is 2.02. The summed E-state index contributed by atoms with van der Waals surface area (Å²) >= 11 is 6.07. The maximum absolute atomic E-state index is 12.3. The Morgan fingerprint density at radius 2 is 2.00 bits per heavy atom. The van der Waals surface area contributed by atoms with Gasteiger partial charge in [0.05, 0.1) is 11.3 Å². The Bertz CT molecular complexity index is 688. The minimum absolute atomic E-state index is 0.214. The molecule has 2 rings (SSSR count). The number of aryl methyl sites for hydroxylation is 1. The van der Waals surface area contributed by atoms with Gasteiger partial charge in [0, 0.05) is 36.2 Å². The number of likely N-dealkylation sites (N-methyl/N-ethyl adjacent to an activating group) is 1. The number of benzene rings is 1. The smallest absolute Gasteiger partial charge is 0.257 e. The number of pyridine rings is 1. The van der Waals surface area contributed by atoms with E-state index in [2.05, 4.69) is 20.5 Å². The Labute approximate surface area is 141 Å². The third-order valence-corrected chi connectivity index (χ3v) is 3.73. The molecule has 0 saturated carbocycles. The lowest BCUT2D eigenvalue weighted by Gasteiger charge is -2.12. The maximum Gasteiger partial charge on any atom is 0.257 e. The highest BCUT2D eigenvalue weighted by Gasteiger charge is 2.08. The van der Waals surface area contributed by atoms with E-state index in [4.69, 9.17) is 11.6 Å². The van der Waals surface area contributed by atoms with Crippen molar-refractivity contribution in [3.05, 3.63) is 52.8 Å². The molecule has 0 bridgehead atoms. The zero-order chi connectivity index (χ0) is 16.8. The van der Waals surface area contributed by atoms with Gasteiger partial charge in [-0.05, 0) is 44.8 Å². The van der Waals surface area contributed by atoms with Gasteiger partial charge in [-0.25, -0.2) is 0 Å². The van der Waals surface area contributed by atoms with Crippen LogP contribution in [0.1, 0.15) is 15.9 Å². The molecule has 1 aromatic carbocycles. The molecule has 23 heavy (non-hydrogen) atoms. The summed E-state index contributed by atoms with van der Waals surface area (Å²) in [6.45, 7) is 3.60. The van der Waals surface area contributed by atoms with Gasteiger partial charge in [-0.1, -0.05) is 17.7 Å². The average Bonchev–Trinajstić information content (AvgIpc) is 2.51. The van der Waals surface area contributed by atoms with Crippen molar-refractivity contribution >= 4 is 28.9 Å². The van der Waals surface area contributed by atoms with Crippen molar-refractivity contribution < 1.29 is 4.79 Å². The second-order valence-corrected chi connectivity index (χ2v) is 6.02. The lowest BCUT2D eigenvalue weighted by Crippen LogP contribution is -2.21. The molecule has 1 heterocycles. The number of halogens is 1. The molecule has 0 aliphatic rings. The van der Waals surface area contributed by atoms with Crippen LogP contribution in [0.25, 0.3) is 0 Å². The van der Waals surface area contributed by atoms with Crippen LogP contribution in [0.3, 0.4) is 0 Å². The third kappa shape index (κ3) is 5.23. The number of nitrogens with one attached hydrogen (secondary N) is 2. The van der Waals surface area contributed by atoms with Gasteiger partial charge in [0.15, 0.2) is 0 Å². The highest BCUT2D eigenvalue weighted by Crippen LogP contribution is 2.20. The molecular formula is C17H21ClN4O. The topological polar surface area (TPSA) is 57.3 Å². The van der Waals surface area contributed by atoms with Crippen LogP contribution in [0.2, 0.25) is 5.02 Å². The van der Waals surface area contributed by atoms with E-state index >= 15 is 0 Å². The summed E-state index contributed by atoms with van der Waals surface area (Å²) in [5.74, 6) is -0.214. The number of aromatic nitrogens is 1. The van der Waals surface area contributed by atoms with Crippen molar-refractivity contribution in [2.75, 3.05) is 37.8 Å². The van der Waals surface area contributed by atoms with Crippen molar-refractivity contribution in [1.29, 1.82) is 0 Å². The van der Waals surface area contributed by atoms with E-state index in [1.54, 1.807) is 24.5 Å². The summed E-state index contributed by atoms with van der Waals surface area (Å²) < 4.78 is 0. The fourth-order valence-corrected chi connectivity index (χ4v) is 2.14. The van der Waals surface area contributed by atoms with Crippen LogP contribution in [0, 0.1) is 6.92 Å². The van der Waals surface area contributed by atoms with E-state index < -0.39 is 0 Å². The Morgan fingerprint density at radius 3 is 2.70 bits per heavy atom. The second-order valence-electron chi connectivity index (χ2n) is 5.61. The molecule has 6 heteroatoms. The maximum atomic E-state index is 12.3. The quantitative estimate of drug-likeness (QED) is 0.852. The van der Waals surface area contributed by atoms with Crippen LogP contribution in [-0.2, 0) is 0 Å². The molecule has 2 N–H and O–H groups in total. The largest absolute Gasteiger partial charge is 0.382 e. The number of nitrogens with zero attached hydrogens (tertiary/aromatic N) is 2. The molecule has 0 spiro atoms. The highest BCUT2D eigenvalue weighted by molar-refractivity contribution is 6.31. The van der Waals surface area contributed by atoms with Gasteiger partial charge in [0.2, 0.25) is 0 Å². The highest BCUT2D eigenvalue weighted by atomic mass is 35.5. The first kappa shape index (κ1) is 17.2. The molecule has 2 aromatic rings. The van der Waals surface area contributed by atoms with E-state index in [0.29, 0.717) is 16.3 Å². The van der Waals surface area contributed by atoms with Crippen LogP contribution in [0.4, 0.5) is 11.4 Å². The SMILES string of the molecule is Cc1ccc(NC(=O)c2cncc(NCCN(C)C)c2)cc1Cl. The van der Waals surface area contributed by atoms with Gasteiger partial charge >= 0.3 is 0 Å². The first-order chi connectivity index (χ1) is 11.0. The zero-order valence-electron chi connectivity index (χ0n) is 13.6. The number of rotatable bonds is 6. The number of hydrogen-bond donors (Lipinski definition) is 2. The molecule has 122 valence electrons. The molecule has 0 aliphatic heterocycles. The minimum atomic E-state index is -0.214. The fraction of sp³-hybridized carbons (Fsp3) is 0.294. The summed E-state index contributed by atoms with van der Waals surface area (Å²) in [4.78, 5) is 18.5. The van der Waals surface area contributed by atoms with Crippen molar-refractivity contribution in [2.45, 2.75) is 6.92 Å². The summed E-state index contributed by atoms with van der Waals surface area (Å²) in [7, 11) is 4.02. The molecule has 5 nitrogen and oxygen atoms in total. The van der Waals surface area contributed by atoms with E-state index in [-0.39, 0.29) is 5.91 Å². The first-order valence-electron chi connectivity index (χ1n) is 7.37. The lowest BCUT2D eigenvalue weighted by atomic mass is 10.2. The molecule has 0 aliphatic carbocycles. The fourth-order valence-electron chi connectivity index (χ4n) is 1.96. The van der Waals surface area contributed by atoms with Crippen LogP contribution in [-0.4, -0.2) is 43.0 Å². The van der Waals surface area contributed by atoms with Gasteiger partial charge < -0.3 is 15.5 Å². The van der Waals surface area contributed by atoms with Crippen LogP contribution in [0.5, 0.6) is 0 Å². The van der Waals surface area contributed by atoms with E-state index in [0.717, 1.165) is 24.3 Å². The lowest BCUT2D eigenvalue weighted by molar-refractivity contribution is 0.102. The predicted octanol–water partition coefficient (Wildman–Crippen LogP) is 3.27. The zero-order valence-corrected chi connectivity index (χ0v) is 14.3. The molecule has 1 aromatic heterocycles. The average molecular weight is 333 g/mol. The second kappa shape index (κ2) is 7.94. The standard InChI is InChI=1S/C17H21ClN4O/c1-12-4-5-14(9-16(12)18)21-17(23)13-8-15(11-19-10-13)20-6-7-22(2)3/h4-5,8-11,20H,6-7H2,1-3H3,(H,21,23). The normalized spacial score (nSPS) is 10.7. The Morgan fingerprint density at radius 1 is 1.22 bits per heavy atom. The first-order valence-corrected chi connectivity index (χ1v) is 7.74. The summed E-state index contributed by atoms with van der Waals surface area (Å²) in [5, 5.41) is 6.70. The monoisotopic (exact) mass is 332 g/mol. The summed E-state index contributed by atoms with van der Waals surface area (Å²) in [6, 6.07) is 7.22. The summed E-state index contributed by atoms with van der Waals surface area (Å²) in [6.07, 6.45) is 3.25. The third-order valence-electron chi connectivity index (χ3n) is 3.32. The van der Waals surface area contributed by atoms with Crippen molar-refractivity contribution in [2.24, 2.45) is 0 Å². The van der Waals surface area contributed by atoms with Gasteiger partial charge in [0.25, 0.3) is 5.91 Å². The molecule has 1 amide bonds. The van der Waals surface area contributed by atoms with Crippen LogP contribution in [0.15, 0.2) is 36.7 Å². The van der Waals surface area contributed by atoms with Gasteiger partial charge in [-0.15, -0.1) is 0 Å². The van der Waals surface area contributed by atoms with E-state index in [9.17, 15) is 4.79 Å². The molecule has 0 unspecified atom stereocenters. The molecule has 0 saturated heterocycles. The number of anilines is 2. The Hall–Kier alpha value is -2.11. The van der Waals surface area contributed by atoms with Gasteiger partial charge in [-0.3, -0.25) is 9.78 Å². The van der Waals surface area contributed by atoms with Crippen LogP contribution >= 0.6 is 11.6 Å².